The van der Waals surface area contributed by atoms with Gasteiger partial charge in [0.15, 0.2) is 0 Å². The molecule has 0 amide bonds. The van der Waals surface area contributed by atoms with Gasteiger partial charge in [-0.05, 0) is 12.0 Å². The molecule has 0 atom stereocenters. The van der Waals surface area contributed by atoms with Crippen LogP contribution in [0.25, 0.3) is 0 Å². The van der Waals surface area contributed by atoms with Crippen LogP contribution in [-0.2, 0) is 11.3 Å². The normalized spacial score (nSPS) is 10.1. The van der Waals surface area contributed by atoms with E-state index >= 15 is 0 Å². The number of hydrogen-bond donors (Lipinski definition) is 0. The first kappa shape index (κ1) is 17.9. The second-order valence-electron chi connectivity index (χ2n) is 4.66. The molecule has 2 heteroatoms. The Morgan fingerprint density at radius 1 is 0.889 bits per heavy atom. The quantitative estimate of drug-likeness (QED) is 0.434. The molecule has 1 rings (SSSR count). The number of benzene rings is 1. The van der Waals surface area contributed by atoms with Gasteiger partial charge in [0.1, 0.15) is 0 Å². The molecule has 18 heavy (non-hydrogen) atoms. The first-order chi connectivity index (χ1) is 8.43. The minimum atomic E-state index is 0. The fourth-order valence-corrected chi connectivity index (χ4v) is 1.93. The van der Waals surface area contributed by atoms with Crippen molar-refractivity contribution in [2.75, 3.05) is 6.61 Å². The van der Waals surface area contributed by atoms with E-state index in [4.69, 9.17) is 4.74 Å². The Morgan fingerprint density at radius 3 is 2.17 bits per heavy atom. The van der Waals surface area contributed by atoms with Crippen LogP contribution in [0.2, 0.25) is 0 Å². The van der Waals surface area contributed by atoms with E-state index in [1.165, 1.54) is 50.5 Å². The van der Waals surface area contributed by atoms with Crippen molar-refractivity contribution in [2.24, 2.45) is 0 Å². The summed E-state index contributed by atoms with van der Waals surface area (Å²) in [6, 6.07) is 10.4. The molecule has 0 aromatic heterocycles. The van der Waals surface area contributed by atoms with Crippen LogP contribution in [0, 0.1) is 0 Å². The molecule has 0 fully saturated rings. The number of rotatable bonds is 10. The Kier molecular flexibility index (Phi) is 13.3. The third-order valence-corrected chi connectivity index (χ3v) is 3.00. The van der Waals surface area contributed by atoms with E-state index in [0.29, 0.717) is 0 Å². The Bertz CT molecular complexity index is 270. The van der Waals surface area contributed by atoms with Crippen LogP contribution in [0.1, 0.15) is 60.3 Å². The Labute approximate surface area is 131 Å². The van der Waals surface area contributed by atoms with Crippen molar-refractivity contribution in [2.45, 2.75) is 58.5 Å². The minimum Gasteiger partial charge on any atom is -1.00 e. The van der Waals surface area contributed by atoms with Crippen LogP contribution in [0.4, 0.5) is 0 Å². The first-order valence-corrected chi connectivity index (χ1v) is 7.05. The maximum absolute atomic E-state index is 5.65. The van der Waals surface area contributed by atoms with E-state index in [0.717, 1.165) is 13.2 Å². The monoisotopic (exact) mass is 260 g/mol. The molecule has 0 N–H and O–H groups in total. The summed E-state index contributed by atoms with van der Waals surface area (Å²) in [5.74, 6) is 0. The topological polar surface area (TPSA) is 9.23 Å². The molecule has 0 bridgehead atoms. The van der Waals surface area contributed by atoms with Gasteiger partial charge in [-0.15, -0.1) is 0 Å². The smallest absolute Gasteiger partial charge is 1.00 e. The Hall–Kier alpha value is -0.0538. The third-order valence-electron chi connectivity index (χ3n) is 3.00. The van der Waals surface area contributed by atoms with Crippen molar-refractivity contribution < 1.29 is 7.59 Å². The van der Waals surface area contributed by atoms with Gasteiger partial charge in [-0.2, -0.15) is 0 Å². The van der Waals surface area contributed by atoms with Gasteiger partial charge >= 0.3 is 23.1 Å². The predicted octanol–water partition coefficient (Wildman–Crippen LogP) is 4.80. The number of unbranched alkanes of at least 4 members (excludes halogenated alkanes) is 6. The summed E-state index contributed by atoms with van der Waals surface area (Å²) < 4.78 is 5.65. The van der Waals surface area contributed by atoms with Gasteiger partial charge in [-0.3, -0.25) is 0 Å². The fraction of sp³-hybridized carbons (Fsp3) is 0.625. The van der Waals surface area contributed by atoms with Crippen LogP contribution >= 0.6 is 0 Å². The maximum Gasteiger partial charge on any atom is 2.00 e. The second kappa shape index (κ2) is 13.4. The van der Waals surface area contributed by atoms with E-state index in [9.17, 15) is 0 Å². The Morgan fingerprint density at radius 2 is 1.50 bits per heavy atom. The van der Waals surface area contributed by atoms with Crippen molar-refractivity contribution in [3.05, 3.63) is 35.9 Å². The van der Waals surface area contributed by atoms with E-state index in [2.05, 4.69) is 31.2 Å². The molecule has 0 radical (unpaired) electrons. The fourth-order valence-electron chi connectivity index (χ4n) is 1.93. The zero-order valence-corrected chi connectivity index (χ0v) is 13.3. The van der Waals surface area contributed by atoms with Crippen molar-refractivity contribution >= 4 is 23.1 Å². The summed E-state index contributed by atoms with van der Waals surface area (Å²) in [7, 11) is 0. The van der Waals surface area contributed by atoms with Crippen molar-refractivity contribution in [1.82, 2.24) is 0 Å². The van der Waals surface area contributed by atoms with Gasteiger partial charge in [-0.1, -0.05) is 75.8 Å². The van der Waals surface area contributed by atoms with Gasteiger partial charge in [0.05, 0.1) is 6.61 Å². The zero-order chi connectivity index (χ0) is 12.2. The van der Waals surface area contributed by atoms with E-state index in [1.807, 2.05) is 6.07 Å². The summed E-state index contributed by atoms with van der Waals surface area (Å²) >= 11 is 0. The maximum atomic E-state index is 5.65. The van der Waals surface area contributed by atoms with Crippen molar-refractivity contribution in [1.29, 1.82) is 0 Å². The molecule has 1 nitrogen and oxygen atoms in total. The summed E-state index contributed by atoms with van der Waals surface area (Å²) in [5.41, 5.74) is 1.27. The van der Waals surface area contributed by atoms with Gasteiger partial charge < -0.3 is 7.59 Å². The SMILES string of the molecule is CCCCCCCCCOCc1ccccc1.[H-].[H-].[Mg+2]. The van der Waals surface area contributed by atoms with E-state index in [-0.39, 0.29) is 25.9 Å². The molecule has 1 aromatic carbocycles. The third kappa shape index (κ3) is 9.92. The van der Waals surface area contributed by atoms with Crippen LogP contribution < -0.4 is 0 Å². The molecule has 0 unspecified atom stereocenters. The molecule has 100 valence electrons. The summed E-state index contributed by atoms with van der Waals surface area (Å²) in [4.78, 5) is 0. The summed E-state index contributed by atoms with van der Waals surface area (Å²) in [5, 5.41) is 0. The number of ether oxygens (including phenoxy) is 1. The number of hydrogen-bond acceptors (Lipinski definition) is 1. The molecule has 0 aliphatic rings. The largest absolute Gasteiger partial charge is 2.00 e. The molecule has 0 spiro atoms. The molecule has 0 heterocycles. The average molecular weight is 261 g/mol. The van der Waals surface area contributed by atoms with Crippen molar-refractivity contribution in [3.63, 3.8) is 0 Å². The van der Waals surface area contributed by atoms with Gasteiger partial charge in [0.25, 0.3) is 0 Å². The average Bonchev–Trinajstić information content (AvgIpc) is 2.38. The zero-order valence-electron chi connectivity index (χ0n) is 13.9. The van der Waals surface area contributed by atoms with E-state index in [1.54, 1.807) is 0 Å². The summed E-state index contributed by atoms with van der Waals surface area (Å²) in [6.45, 7) is 3.93. The molecule has 1 aromatic rings. The van der Waals surface area contributed by atoms with Crippen molar-refractivity contribution in [3.8, 4) is 0 Å². The summed E-state index contributed by atoms with van der Waals surface area (Å²) in [6.07, 6.45) is 9.42. The molecule has 0 saturated carbocycles. The minimum absolute atomic E-state index is 0. The van der Waals surface area contributed by atoms with Gasteiger partial charge in [-0.25, -0.2) is 0 Å². The van der Waals surface area contributed by atoms with Crippen LogP contribution in [0.3, 0.4) is 0 Å². The van der Waals surface area contributed by atoms with Gasteiger partial charge in [0, 0.05) is 6.61 Å². The van der Waals surface area contributed by atoms with E-state index < -0.39 is 0 Å². The van der Waals surface area contributed by atoms with Crippen LogP contribution in [-0.4, -0.2) is 29.7 Å². The molecule has 0 aliphatic carbocycles. The standard InChI is InChI=1S/C16H26O.Mg.2H/c1-2-3-4-5-6-7-11-14-17-15-16-12-9-8-10-13-16;;;/h8-10,12-13H,2-7,11,14-15H2,1H3;;;/q;+2;2*-1. The van der Waals surface area contributed by atoms with Gasteiger partial charge in [0.2, 0.25) is 0 Å². The second-order valence-corrected chi connectivity index (χ2v) is 4.66. The molecular weight excluding hydrogens is 232 g/mol. The predicted molar refractivity (Wildman–Crippen MR) is 82.1 cm³/mol. The molecular formula is C16H28MgO. The van der Waals surface area contributed by atoms with Crippen LogP contribution in [0.15, 0.2) is 30.3 Å². The van der Waals surface area contributed by atoms with Crippen LogP contribution in [0.5, 0.6) is 0 Å². The Balaban J connectivity index is -0.000000963. The molecule has 0 saturated heterocycles. The molecule has 0 aliphatic heterocycles. The first-order valence-electron chi connectivity index (χ1n) is 7.05.